The van der Waals surface area contributed by atoms with Gasteiger partial charge in [0, 0.05) is 28.1 Å². The Hall–Kier alpha value is 0.344. The molecule has 0 saturated carbocycles. The van der Waals surface area contributed by atoms with E-state index in [0.29, 0.717) is 13.0 Å². The molecule has 7 heavy (non-hydrogen) atoms. The number of hydrogen-bond donors (Lipinski definition) is 1. The molecule has 0 atom stereocenters. The summed E-state index contributed by atoms with van der Waals surface area (Å²) >= 11 is 0. The Morgan fingerprint density at radius 2 is 2.14 bits per heavy atom. The maximum atomic E-state index is 9.51. The number of unbranched alkanes of at least 4 members (excludes halogenated alkanes) is 1. The third-order valence-corrected chi connectivity index (χ3v) is 0.526. The smallest absolute Gasteiger partial charge is 0.120 e. The topological polar surface area (TPSA) is 43.1 Å². The summed E-state index contributed by atoms with van der Waals surface area (Å²) in [7, 11) is 0. The molecule has 0 fully saturated rings. The number of carbonyl (C=O) groups excluding carboxylic acids is 1. The molecule has 0 aliphatic carbocycles. The number of hydrogen-bond acceptors (Lipinski definition) is 2. The van der Waals surface area contributed by atoms with Crippen LogP contribution in [0.1, 0.15) is 12.8 Å². The van der Waals surface area contributed by atoms with Gasteiger partial charge in [-0.15, -0.1) is 0 Å². The van der Waals surface area contributed by atoms with E-state index >= 15 is 0 Å². The molecule has 0 aromatic heterocycles. The minimum Gasteiger partial charge on any atom is -0.330 e. The van der Waals surface area contributed by atoms with E-state index in [4.69, 9.17) is 5.73 Å². The van der Waals surface area contributed by atoms with Crippen molar-refractivity contribution in [2.24, 2.45) is 5.73 Å². The molecular formula is C4H9NOTi. The van der Waals surface area contributed by atoms with Crippen molar-refractivity contribution in [2.75, 3.05) is 6.54 Å². The van der Waals surface area contributed by atoms with Crippen molar-refractivity contribution in [2.45, 2.75) is 12.8 Å². The fourth-order valence-corrected chi connectivity index (χ4v) is 0.201. The number of nitrogens with two attached hydrogens (primary N) is 1. The maximum Gasteiger partial charge on any atom is 0.120 e. The van der Waals surface area contributed by atoms with Crippen molar-refractivity contribution in [1.82, 2.24) is 0 Å². The predicted molar refractivity (Wildman–Crippen MR) is 24.4 cm³/mol. The van der Waals surface area contributed by atoms with Crippen LogP contribution in [0.2, 0.25) is 0 Å². The molecule has 2 nitrogen and oxygen atoms in total. The summed E-state index contributed by atoms with van der Waals surface area (Å²) in [6.45, 7) is 0.624. The summed E-state index contributed by atoms with van der Waals surface area (Å²) in [5.74, 6) is 0. The molecule has 2 N–H and O–H groups in total. The Kier molecular flexibility index (Phi) is 14.2. The Labute approximate surface area is 58.3 Å². The molecule has 0 aromatic carbocycles. The SMILES string of the molecule is NCCCC=O.[Ti]. The molecule has 0 aromatic rings. The van der Waals surface area contributed by atoms with Gasteiger partial charge in [0.25, 0.3) is 0 Å². The Morgan fingerprint density at radius 3 is 2.29 bits per heavy atom. The van der Waals surface area contributed by atoms with Crippen LogP contribution in [0.25, 0.3) is 0 Å². The van der Waals surface area contributed by atoms with Crippen molar-refractivity contribution in [3.8, 4) is 0 Å². The maximum absolute atomic E-state index is 9.51. The van der Waals surface area contributed by atoms with Crippen molar-refractivity contribution in [3.05, 3.63) is 0 Å². The molecule has 0 aliphatic rings. The van der Waals surface area contributed by atoms with Gasteiger partial charge in [0.1, 0.15) is 6.29 Å². The first-order valence-corrected chi connectivity index (χ1v) is 2.05. The number of aldehydes is 1. The second kappa shape index (κ2) is 9.60. The van der Waals surface area contributed by atoms with E-state index in [9.17, 15) is 4.79 Å². The minimum atomic E-state index is 0. The Bertz CT molecular complexity index is 40.7. The quantitative estimate of drug-likeness (QED) is 0.334. The summed E-state index contributed by atoms with van der Waals surface area (Å²) in [6, 6.07) is 0. The zero-order valence-corrected chi connectivity index (χ0v) is 5.75. The van der Waals surface area contributed by atoms with Crippen LogP contribution in [0.4, 0.5) is 0 Å². The molecule has 0 saturated heterocycles. The van der Waals surface area contributed by atoms with Gasteiger partial charge in [-0.1, -0.05) is 0 Å². The molecular weight excluding hydrogens is 126 g/mol. The van der Waals surface area contributed by atoms with Gasteiger partial charge in [-0.05, 0) is 13.0 Å². The van der Waals surface area contributed by atoms with Gasteiger partial charge < -0.3 is 10.5 Å². The van der Waals surface area contributed by atoms with Crippen LogP contribution in [0, 0.1) is 0 Å². The second-order valence-corrected chi connectivity index (χ2v) is 1.10. The van der Waals surface area contributed by atoms with Crippen LogP contribution >= 0.6 is 0 Å². The third-order valence-electron chi connectivity index (χ3n) is 0.526. The van der Waals surface area contributed by atoms with Crippen LogP contribution in [-0.4, -0.2) is 12.8 Å². The molecule has 0 bridgehead atoms. The zero-order chi connectivity index (χ0) is 4.83. The van der Waals surface area contributed by atoms with E-state index in [-0.39, 0.29) is 21.7 Å². The molecule has 0 spiro atoms. The van der Waals surface area contributed by atoms with Crippen molar-refractivity contribution in [1.29, 1.82) is 0 Å². The van der Waals surface area contributed by atoms with Crippen LogP contribution in [0.3, 0.4) is 0 Å². The molecule has 3 heteroatoms. The molecule has 0 aliphatic heterocycles. The van der Waals surface area contributed by atoms with Crippen LogP contribution < -0.4 is 5.73 Å². The average molecular weight is 135 g/mol. The zero-order valence-electron chi connectivity index (χ0n) is 4.18. The van der Waals surface area contributed by atoms with Gasteiger partial charge in [-0.3, -0.25) is 0 Å². The van der Waals surface area contributed by atoms with Crippen LogP contribution in [0.5, 0.6) is 0 Å². The van der Waals surface area contributed by atoms with Gasteiger partial charge >= 0.3 is 0 Å². The van der Waals surface area contributed by atoms with E-state index in [1.165, 1.54) is 0 Å². The summed E-state index contributed by atoms with van der Waals surface area (Å²) in [5.41, 5.74) is 5.06. The van der Waals surface area contributed by atoms with Gasteiger partial charge in [0.15, 0.2) is 0 Å². The standard InChI is InChI=1S/C4H9NO.Ti/c5-3-1-2-4-6;/h4H,1-3,5H2;. The third kappa shape index (κ3) is 10.7. The first kappa shape index (κ1) is 10.3. The molecule has 40 valence electrons. The summed E-state index contributed by atoms with van der Waals surface area (Å²) < 4.78 is 0. The van der Waals surface area contributed by atoms with E-state index in [1.807, 2.05) is 0 Å². The fourth-order valence-electron chi connectivity index (χ4n) is 0.201. The van der Waals surface area contributed by atoms with E-state index < -0.39 is 0 Å². The minimum absolute atomic E-state index is 0. The number of carbonyl (C=O) groups is 1. The van der Waals surface area contributed by atoms with E-state index in [2.05, 4.69) is 0 Å². The average Bonchev–Trinajstić information content (AvgIpc) is 1.61. The van der Waals surface area contributed by atoms with Gasteiger partial charge in [-0.2, -0.15) is 0 Å². The van der Waals surface area contributed by atoms with Crippen LogP contribution in [-0.2, 0) is 26.5 Å². The predicted octanol–water partition coefficient (Wildman–Crippen LogP) is -0.0783. The van der Waals surface area contributed by atoms with Crippen molar-refractivity contribution >= 4 is 6.29 Å². The summed E-state index contributed by atoms with van der Waals surface area (Å²) in [5, 5.41) is 0. The van der Waals surface area contributed by atoms with Crippen molar-refractivity contribution in [3.63, 3.8) is 0 Å². The molecule has 0 rings (SSSR count). The van der Waals surface area contributed by atoms with Crippen molar-refractivity contribution < 1.29 is 26.5 Å². The Morgan fingerprint density at radius 1 is 1.57 bits per heavy atom. The van der Waals surface area contributed by atoms with Gasteiger partial charge in [0.05, 0.1) is 0 Å². The summed E-state index contributed by atoms with van der Waals surface area (Å²) in [4.78, 5) is 9.51. The summed E-state index contributed by atoms with van der Waals surface area (Å²) in [6.07, 6.45) is 2.31. The van der Waals surface area contributed by atoms with Gasteiger partial charge in [0.2, 0.25) is 0 Å². The monoisotopic (exact) mass is 135 g/mol. The first-order valence-electron chi connectivity index (χ1n) is 2.05. The fraction of sp³-hybridized carbons (Fsp3) is 0.750. The first-order chi connectivity index (χ1) is 2.91. The molecule has 0 amide bonds. The molecule has 0 radical (unpaired) electrons. The number of rotatable bonds is 3. The molecule has 0 unspecified atom stereocenters. The van der Waals surface area contributed by atoms with E-state index in [1.54, 1.807) is 0 Å². The molecule has 0 heterocycles. The second-order valence-electron chi connectivity index (χ2n) is 1.10. The van der Waals surface area contributed by atoms with E-state index in [0.717, 1.165) is 12.7 Å². The largest absolute Gasteiger partial charge is 0.330 e. The van der Waals surface area contributed by atoms with Gasteiger partial charge in [-0.25, -0.2) is 0 Å². The van der Waals surface area contributed by atoms with Crippen LogP contribution in [0.15, 0.2) is 0 Å². The Balaban J connectivity index is 0. The normalized spacial score (nSPS) is 7.00.